The van der Waals surface area contributed by atoms with E-state index in [4.69, 9.17) is 5.11 Å². The Kier molecular flexibility index (Phi) is 3.91. The molecule has 0 saturated heterocycles. The molecule has 1 rings (SSSR count). The second kappa shape index (κ2) is 4.79. The van der Waals surface area contributed by atoms with Crippen LogP contribution in [0.25, 0.3) is 0 Å². The number of aryl methyl sites for hydroxylation is 2. The molecule has 0 aliphatic carbocycles. The highest BCUT2D eigenvalue weighted by atomic mass is 79.9. The molecule has 82 valence electrons. The normalized spacial score (nSPS) is 12.5. The Morgan fingerprint density at radius 2 is 1.93 bits per heavy atom. The Hall–Kier alpha value is -0.830. The van der Waals surface area contributed by atoms with Crippen LogP contribution in [0.3, 0.4) is 0 Å². The first-order valence-electron chi connectivity index (χ1n) is 4.91. The van der Waals surface area contributed by atoms with Crippen molar-refractivity contribution in [2.45, 2.75) is 27.2 Å². The summed E-state index contributed by atoms with van der Waals surface area (Å²) in [5.74, 6) is -1.09. The lowest BCUT2D eigenvalue weighted by atomic mass is 9.96. The van der Waals surface area contributed by atoms with Crippen LogP contribution in [-0.4, -0.2) is 11.1 Å². The van der Waals surface area contributed by atoms with E-state index in [0.717, 1.165) is 21.2 Å². The first kappa shape index (κ1) is 12.2. The summed E-state index contributed by atoms with van der Waals surface area (Å²) in [6.45, 7) is 5.75. The van der Waals surface area contributed by atoms with Crippen molar-refractivity contribution in [1.82, 2.24) is 0 Å². The predicted octanol–water partition coefficient (Wildman–Crippen LogP) is 3.33. The minimum Gasteiger partial charge on any atom is -0.481 e. The quantitative estimate of drug-likeness (QED) is 0.915. The van der Waals surface area contributed by atoms with Gasteiger partial charge >= 0.3 is 5.97 Å². The average molecular weight is 271 g/mol. The first-order chi connectivity index (χ1) is 6.93. The summed E-state index contributed by atoms with van der Waals surface area (Å²) in [5, 5.41) is 8.88. The SMILES string of the molecule is Cc1ccc(C)c(CC(C)C(=O)O)c1Br. The molecule has 0 amide bonds. The van der Waals surface area contributed by atoms with E-state index in [1.807, 2.05) is 26.0 Å². The van der Waals surface area contributed by atoms with Crippen molar-refractivity contribution in [3.8, 4) is 0 Å². The molecular weight excluding hydrogens is 256 g/mol. The number of carboxylic acid groups (broad SMARTS) is 1. The van der Waals surface area contributed by atoms with E-state index in [1.165, 1.54) is 0 Å². The topological polar surface area (TPSA) is 37.3 Å². The zero-order chi connectivity index (χ0) is 11.6. The molecule has 0 aliphatic rings. The number of aliphatic carboxylic acids is 1. The lowest BCUT2D eigenvalue weighted by molar-refractivity contribution is -0.141. The van der Waals surface area contributed by atoms with E-state index in [9.17, 15) is 4.79 Å². The summed E-state index contributed by atoms with van der Waals surface area (Å²) in [4.78, 5) is 10.8. The number of hydrogen-bond acceptors (Lipinski definition) is 1. The summed E-state index contributed by atoms with van der Waals surface area (Å²) in [7, 11) is 0. The number of carboxylic acids is 1. The van der Waals surface area contributed by atoms with Crippen LogP contribution < -0.4 is 0 Å². The van der Waals surface area contributed by atoms with Crippen LogP contribution in [0, 0.1) is 19.8 Å². The zero-order valence-electron chi connectivity index (χ0n) is 9.17. The first-order valence-corrected chi connectivity index (χ1v) is 5.70. The van der Waals surface area contributed by atoms with Gasteiger partial charge in [0.15, 0.2) is 0 Å². The molecule has 0 aromatic heterocycles. The van der Waals surface area contributed by atoms with Crippen LogP contribution in [0.2, 0.25) is 0 Å². The van der Waals surface area contributed by atoms with Crippen LogP contribution in [0.4, 0.5) is 0 Å². The van der Waals surface area contributed by atoms with E-state index in [1.54, 1.807) is 6.92 Å². The molecule has 0 heterocycles. The monoisotopic (exact) mass is 270 g/mol. The van der Waals surface area contributed by atoms with Crippen molar-refractivity contribution < 1.29 is 9.90 Å². The molecule has 1 aromatic rings. The second-order valence-corrected chi connectivity index (χ2v) is 4.73. The van der Waals surface area contributed by atoms with Crippen molar-refractivity contribution in [2.75, 3.05) is 0 Å². The third-order valence-corrected chi connectivity index (χ3v) is 3.71. The predicted molar refractivity (Wildman–Crippen MR) is 64.1 cm³/mol. The van der Waals surface area contributed by atoms with Gasteiger partial charge in [-0.15, -0.1) is 0 Å². The fourth-order valence-electron chi connectivity index (χ4n) is 1.48. The molecule has 0 aliphatic heterocycles. The lowest BCUT2D eigenvalue weighted by Crippen LogP contribution is -2.13. The molecule has 2 nitrogen and oxygen atoms in total. The smallest absolute Gasteiger partial charge is 0.306 e. The van der Waals surface area contributed by atoms with E-state index >= 15 is 0 Å². The van der Waals surface area contributed by atoms with Gasteiger partial charge in [-0.05, 0) is 37.0 Å². The van der Waals surface area contributed by atoms with Gasteiger partial charge in [-0.2, -0.15) is 0 Å². The summed E-state index contributed by atoms with van der Waals surface area (Å²) < 4.78 is 1.04. The highest BCUT2D eigenvalue weighted by Gasteiger charge is 2.15. The molecule has 15 heavy (non-hydrogen) atoms. The summed E-state index contributed by atoms with van der Waals surface area (Å²) in [6, 6.07) is 4.07. The van der Waals surface area contributed by atoms with Crippen LogP contribution in [0.15, 0.2) is 16.6 Å². The second-order valence-electron chi connectivity index (χ2n) is 3.94. The van der Waals surface area contributed by atoms with Crippen molar-refractivity contribution in [1.29, 1.82) is 0 Å². The molecule has 1 unspecified atom stereocenters. The van der Waals surface area contributed by atoms with Gasteiger partial charge in [0.2, 0.25) is 0 Å². The lowest BCUT2D eigenvalue weighted by Gasteiger charge is -2.13. The highest BCUT2D eigenvalue weighted by Crippen LogP contribution is 2.26. The Morgan fingerprint density at radius 1 is 1.40 bits per heavy atom. The van der Waals surface area contributed by atoms with E-state index in [0.29, 0.717) is 6.42 Å². The van der Waals surface area contributed by atoms with Crippen molar-refractivity contribution >= 4 is 21.9 Å². The largest absolute Gasteiger partial charge is 0.481 e. The van der Waals surface area contributed by atoms with Gasteiger partial charge < -0.3 is 5.11 Å². The third kappa shape index (κ3) is 2.81. The molecule has 0 fully saturated rings. The van der Waals surface area contributed by atoms with E-state index in [2.05, 4.69) is 15.9 Å². The molecule has 0 radical (unpaired) electrons. The van der Waals surface area contributed by atoms with E-state index < -0.39 is 5.97 Å². The average Bonchev–Trinajstić information content (AvgIpc) is 2.18. The maximum atomic E-state index is 10.8. The van der Waals surface area contributed by atoms with Gasteiger partial charge in [-0.25, -0.2) is 0 Å². The van der Waals surface area contributed by atoms with Crippen LogP contribution in [0.5, 0.6) is 0 Å². The maximum absolute atomic E-state index is 10.8. The molecule has 1 atom stereocenters. The van der Waals surface area contributed by atoms with E-state index in [-0.39, 0.29) is 5.92 Å². The number of rotatable bonds is 3. The van der Waals surface area contributed by atoms with Gasteiger partial charge in [0, 0.05) is 4.47 Å². The fourth-order valence-corrected chi connectivity index (χ4v) is 2.09. The summed E-state index contributed by atoms with van der Waals surface area (Å²) in [5.41, 5.74) is 3.39. The number of hydrogen-bond donors (Lipinski definition) is 1. The minimum atomic E-state index is -0.747. The molecule has 0 spiro atoms. The highest BCUT2D eigenvalue weighted by molar-refractivity contribution is 9.10. The molecule has 0 bridgehead atoms. The van der Waals surface area contributed by atoms with Crippen LogP contribution >= 0.6 is 15.9 Å². The Bertz CT molecular complexity index is 385. The standard InChI is InChI=1S/C12H15BrO2/c1-7-4-5-8(2)11(13)10(7)6-9(3)12(14)15/h4-5,9H,6H2,1-3H3,(H,14,15). The zero-order valence-corrected chi connectivity index (χ0v) is 10.8. The Labute approximate surface area is 98.4 Å². The number of halogens is 1. The summed E-state index contributed by atoms with van der Waals surface area (Å²) in [6.07, 6.45) is 0.573. The maximum Gasteiger partial charge on any atom is 0.306 e. The number of carbonyl (C=O) groups is 1. The van der Waals surface area contributed by atoms with Crippen molar-refractivity contribution in [2.24, 2.45) is 5.92 Å². The molecule has 3 heteroatoms. The van der Waals surface area contributed by atoms with Gasteiger partial charge in [0.05, 0.1) is 5.92 Å². The summed E-state index contributed by atoms with van der Waals surface area (Å²) >= 11 is 3.52. The van der Waals surface area contributed by atoms with Gasteiger partial charge in [0.25, 0.3) is 0 Å². The molecular formula is C12H15BrO2. The Balaban J connectivity index is 3.03. The molecule has 1 N–H and O–H groups in total. The molecule has 0 saturated carbocycles. The van der Waals surface area contributed by atoms with Crippen molar-refractivity contribution in [3.05, 3.63) is 33.3 Å². The van der Waals surface area contributed by atoms with Crippen LogP contribution in [-0.2, 0) is 11.2 Å². The Morgan fingerprint density at radius 3 is 2.47 bits per heavy atom. The number of benzene rings is 1. The fraction of sp³-hybridized carbons (Fsp3) is 0.417. The third-order valence-electron chi connectivity index (χ3n) is 2.60. The van der Waals surface area contributed by atoms with Crippen LogP contribution in [0.1, 0.15) is 23.6 Å². The minimum absolute atomic E-state index is 0.346. The van der Waals surface area contributed by atoms with Gasteiger partial charge in [-0.3, -0.25) is 4.79 Å². The molecule has 1 aromatic carbocycles. The van der Waals surface area contributed by atoms with Gasteiger partial charge in [0.1, 0.15) is 0 Å². The van der Waals surface area contributed by atoms with Gasteiger partial charge in [-0.1, -0.05) is 35.0 Å². The van der Waals surface area contributed by atoms with Crippen molar-refractivity contribution in [3.63, 3.8) is 0 Å².